The van der Waals surface area contributed by atoms with Crippen LogP contribution >= 0.6 is 0 Å². The Balaban J connectivity index is 1.49. The van der Waals surface area contributed by atoms with Crippen LogP contribution in [0.15, 0.2) is 35.6 Å². The molecule has 0 bridgehead atoms. The number of nitrogens with one attached hydrogen (secondary N) is 2. The van der Waals surface area contributed by atoms with Gasteiger partial charge in [-0.2, -0.15) is 5.10 Å². The van der Waals surface area contributed by atoms with Gasteiger partial charge in [0.25, 0.3) is 0 Å². The molecule has 2 aromatic rings. The first-order valence-corrected chi connectivity index (χ1v) is 9.43. The number of benzene rings is 1. The van der Waals surface area contributed by atoms with Gasteiger partial charge < -0.3 is 20.5 Å². The van der Waals surface area contributed by atoms with Crippen LogP contribution in [0.5, 0.6) is 5.75 Å². The van der Waals surface area contributed by atoms with E-state index in [0.717, 1.165) is 43.1 Å². The molecule has 27 heavy (non-hydrogen) atoms. The van der Waals surface area contributed by atoms with Crippen LogP contribution in [-0.2, 0) is 13.0 Å². The topological polar surface area (TPSA) is 96.6 Å². The van der Waals surface area contributed by atoms with Gasteiger partial charge >= 0.3 is 0 Å². The number of hydrogen-bond donors (Lipinski definition) is 3. The van der Waals surface area contributed by atoms with Gasteiger partial charge in [-0.3, -0.25) is 4.99 Å². The summed E-state index contributed by atoms with van der Waals surface area (Å²) in [7, 11) is 0. The Bertz CT molecular complexity index is 760. The molecular weight excluding hydrogens is 344 g/mol. The van der Waals surface area contributed by atoms with E-state index < -0.39 is 6.10 Å². The highest BCUT2D eigenvalue weighted by Gasteiger charge is 2.20. The molecule has 1 aliphatic heterocycles. The minimum absolute atomic E-state index is 0.206. The number of rotatable bonds is 7. The van der Waals surface area contributed by atoms with Crippen LogP contribution in [0, 0.1) is 6.92 Å². The number of hydrogen-bond acceptors (Lipinski definition) is 5. The van der Waals surface area contributed by atoms with Gasteiger partial charge in [-0.1, -0.05) is 12.1 Å². The van der Waals surface area contributed by atoms with Gasteiger partial charge in [0, 0.05) is 19.0 Å². The number of aryl methyl sites for hydroxylation is 2. The van der Waals surface area contributed by atoms with E-state index in [9.17, 15) is 5.11 Å². The monoisotopic (exact) mass is 372 g/mol. The van der Waals surface area contributed by atoms with E-state index in [0.29, 0.717) is 5.96 Å². The molecule has 3 rings (SSSR count). The Labute approximate surface area is 159 Å². The molecule has 8 nitrogen and oxygen atoms in total. The minimum atomic E-state index is -0.672. The number of aromatic nitrogens is 3. The van der Waals surface area contributed by atoms with Crippen molar-refractivity contribution in [2.75, 3.05) is 19.7 Å². The van der Waals surface area contributed by atoms with Crippen LogP contribution in [0.25, 0.3) is 0 Å². The molecule has 0 saturated carbocycles. The van der Waals surface area contributed by atoms with E-state index in [-0.39, 0.29) is 19.2 Å². The Kier molecular flexibility index (Phi) is 6.64. The van der Waals surface area contributed by atoms with Crippen molar-refractivity contribution in [2.24, 2.45) is 4.99 Å². The molecule has 2 heterocycles. The van der Waals surface area contributed by atoms with Crippen molar-refractivity contribution in [2.45, 2.75) is 45.4 Å². The summed E-state index contributed by atoms with van der Waals surface area (Å²) >= 11 is 0. The molecule has 0 fully saturated rings. The van der Waals surface area contributed by atoms with E-state index in [4.69, 9.17) is 4.74 Å². The lowest BCUT2D eigenvalue weighted by atomic mass is 10.1. The molecule has 3 N–H and O–H groups in total. The smallest absolute Gasteiger partial charge is 0.191 e. The summed E-state index contributed by atoms with van der Waals surface area (Å²) < 4.78 is 7.57. The number of fused-ring (bicyclic) bond motifs is 1. The lowest BCUT2D eigenvalue weighted by Gasteiger charge is -2.25. The van der Waals surface area contributed by atoms with Gasteiger partial charge in [0.15, 0.2) is 5.96 Å². The lowest BCUT2D eigenvalue weighted by molar-refractivity contribution is 0.114. The summed E-state index contributed by atoms with van der Waals surface area (Å²) in [6, 6.07) is 8.01. The van der Waals surface area contributed by atoms with Gasteiger partial charge in [-0.25, -0.2) is 9.67 Å². The predicted octanol–water partition coefficient (Wildman–Crippen LogP) is 0.896. The van der Waals surface area contributed by atoms with Gasteiger partial charge in [0.05, 0.1) is 13.1 Å². The van der Waals surface area contributed by atoms with Gasteiger partial charge in [0.2, 0.25) is 0 Å². The number of guanidine groups is 1. The van der Waals surface area contributed by atoms with Crippen molar-refractivity contribution in [1.29, 1.82) is 0 Å². The molecule has 1 aromatic heterocycles. The fraction of sp³-hybridized carbons (Fsp3) is 0.526. The number of aliphatic imine (C=N–C) groups is 1. The molecule has 0 radical (unpaired) electrons. The quantitative estimate of drug-likeness (QED) is 0.494. The molecule has 146 valence electrons. The van der Waals surface area contributed by atoms with Gasteiger partial charge in [-0.15, -0.1) is 0 Å². The van der Waals surface area contributed by atoms with Crippen molar-refractivity contribution >= 4 is 5.96 Å². The van der Waals surface area contributed by atoms with Crippen molar-refractivity contribution in [1.82, 2.24) is 25.4 Å². The van der Waals surface area contributed by atoms with Crippen LogP contribution < -0.4 is 15.4 Å². The largest absolute Gasteiger partial charge is 0.491 e. The summed E-state index contributed by atoms with van der Waals surface area (Å²) in [5, 5.41) is 21.1. The number of aliphatic hydroxyl groups excluding tert-OH is 1. The number of ether oxygens (including phenoxy) is 1. The van der Waals surface area contributed by atoms with Crippen LogP contribution in [0.1, 0.15) is 24.7 Å². The first kappa shape index (κ1) is 19.2. The minimum Gasteiger partial charge on any atom is -0.491 e. The number of aliphatic hydroxyl groups is 1. The summed E-state index contributed by atoms with van der Waals surface area (Å²) in [5.74, 6) is 2.48. The normalized spacial score (nSPS) is 17.9. The Morgan fingerprint density at radius 2 is 2.37 bits per heavy atom. The molecule has 2 unspecified atom stereocenters. The van der Waals surface area contributed by atoms with E-state index >= 15 is 0 Å². The second-order valence-corrected chi connectivity index (χ2v) is 6.74. The zero-order chi connectivity index (χ0) is 19.1. The van der Waals surface area contributed by atoms with E-state index in [1.54, 1.807) is 6.33 Å². The molecule has 8 heteroatoms. The first-order valence-electron chi connectivity index (χ1n) is 9.43. The van der Waals surface area contributed by atoms with Crippen molar-refractivity contribution in [3.8, 4) is 5.75 Å². The predicted molar refractivity (Wildman–Crippen MR) is 104 cm³/mol. The highest BCUT2D eigenvalue weighted by Crippen LogP contribution is 2.13. The average molecular weight is 372 g/mol. The van der Waals surface area contributed by atoms with Crippen molar-refractivity contribution in [3.63, 3.8) is 0 Å². The lowest BCUT2D eigenvalue weighted by Crippen LogP contribution is -2.47. The standard InChI is InChI=1S/C19H28N6O2/c1-3-20-19(24-15-7-8-18-22-13-23-25(18)11-15)21-10-16(26)12-27-17-6-4-5-14(2)9-17/h4-6,9,13,15-16,26H,3,7-8,10-12H2,1-2H3,(H2,20,21,24). The molecule has 0 saturated heterocycles. The van der Waals surface area contributed by atoms with Crippen LogP contribution in [0.4, 0.5) is 0 Å². The summed E-state index contributed by atoms with van der Waals surface area (Å²) in [4.78, 5) is 8.75. The third-order valence-corrected chi connectivity index (χ3v) is 4.38. The maximum atomic E-state index is 10.2. The number of nitrogens with zero attached hydrogens (tertiary/aromatic N) is 4. The van der Waals surface area contributed by atoms with Gasteiger partial charge in [-0.05, 0) is 38.0 Å². The zero-order valence-electron chi connectivity index (χ0n) is 15.9. The van der Waals surface area contributed by atoms with Crippen molar-refractivity contribution in [3.05, 3.63) is 42.0 Å². The highest BCUT2D eigenvalue weighted by molar-refractivity contribution is 5.80. The second kappa shape index (κ2) is 9.36. The van der Waals surface area contributed by atoms with Crippen LogP contribution in [0.3, 0.4) is 0 Å². The molecule has 1 aliphatic rings. The molecule has 0 aliphatic carbocycles. The molecule has 0 amide bonds. The fourth-order valence-electron chi connectivity index (χ4n) is 3.02. The molecule has 1 aromatic carbocycles. The Morgan fingerprint density at radius 1 is 1.48 bits per heavy atom. The maximum Gasteiger partial charge on any atom is 0.191 e. The van der Waals surface area contributed by atoms with E-state index in [1.165, 1.54) is 0 Å². The summed E-state index contributed by atoms with van der Waals surface area (Å²) in [5.41, 5.74) is 1.13. The average Bonchev–Trinajstić information content (AvgIpc) is 3.12. The van der Waals surface area contributed by atoms with Gasteiger partial charge in [0.1, 0.15) is 30.6 Å². The summed E-state index contributed by atoms with van der Waals surface area (Å²) in [6.45, 7) is 6.02. The van der Waals surface area contributed by atoms with Crippen molar-refractivity contribution < 1.29 is 9.84 Å². The van der Waals surface area contributed by atoms with Crippen LogP contribution in [-0.4, -0.2) is 57.7 Å². The third kappa shape index (κ3) is 5.68. The first-order chi connectivity index (χ1) is 13.1. The Hall–Kier alpha value is -2.61. The summed E-state index contributed by atoms with van der Waals surface area (Å²) in [6.07, 6.45) is 2.79. The zero-order valence-corrected chi connectivity index (χ0v) is 15.9. The second-order valence-electron chi connectivity index (χ2n) is 6.74. The SMILES string of the molecule is CCNC(=NCC(O)COc1cccc(C)c1)NC1CCc2ncnn2C1. The third-order valence-electron chi connectivity index (χ3n) is 4.38. The highest BCUT2D eigenvalue weighted by atomic mass is 16.5. The Morgan fingerprint density at radius 3 is 3.19 bits per heavy atom. The van der Waals surface area contributed by atoms with Crippen LogP contribution in [0.2, 0.25) is 0 Å². The molecule has 0 spiro atoms. The molecule has 2 atom stereocenters. The van der Waals surface area contributed by atoms with E-state index in [1.807, 2.05) is 42.8 Å². The van der Waals surface area contributed by atoms with E-state index in [2.05, 4.69) is 25.7 Å². The maximum absolute atomic E-state index is 10.2. The molecular formula is C19H28N6O2. The fourth-order valence-corrected chi connectivity index (χ4v) is 3.02.